The number of allylic oxidation sites excluding steroid dienone is 1. The Hall–Kier alpha value is -3.42. The van der Waals surface area contributed by atoms with Crippen LogP contribution < -0.4 is 10.2 Å². The first-order valence-corrected chi connectivity index (χ1v) is 12.1. The molecule has 1 atom stereocenters. The number of rotatable bonds is 5. The van der Waals surface area contributed by atoms with E-state index in [1.165, 1.54) is 23.4 Å². The van der Waals surface area contributed by atoms with Crippen molar-refractivity contribution in [2.24, 2.45) is 5.92 Å². The van der Waals surface area contributed by atoms with E-state index in [4.69, 9.17) is 4.74 Å². The molecule has 2 heterocycles. The fourth-order valence-electron chi connectivity index (χ4n) is 5.34. The van der Waals surface area contributed by atoms with Gasteiger partial charge in [0, 0.05) is 17.8 Å². The van der Waals surface area contributed by atoms with Crippen LogP contribution in [0.15, 0.2) is 36.4 Å². The van der Waals surface area contributed by atoms with Crippen LogP contribution in [0, 0.1) is 19.8 Å². The van der Waals surface area contributed by atoms with Gasteiger partial charge in [0.1, 0.15) is 11.2 Å². The zero-order valence-electron chi connectivity index (χ0n) is 21.2. The van der Waals surface area contributed by atoms with E-state index in [9.17, 15) is 14.4 Å². The molecule has 2 amide bonds. The molecule has 1 aliphatic heterocycles. The lowest BCUT2D eigenvalue weighted by Crippen LogP contribution is -2.65. The molecule has 0 radical (unpaired) electrons. The minimum atomic E-state index is -1.24. The van der Waals surface area contributed by atoms with Crippen molar-refractivity contribution in [3.63, 3.8) is 0 Å². The van der Waals surface area contributed by atoms with E-state index in [0.717, 1.165) is 36.8 Å². The van der Waals surface area contributed by atoms with E-state index in [1.54, 1.807) is 11.8 Å². The summed E-state index contributed by atoms with van der Waals surface area (Å²) in [6.45, 7) is 11.9. The summed E-state index contributed by atoms with van der Waals surface area (Å²) in [5.41, 5.74) is 2.85. The number of aryl methyl sites for hydroxylation is 2. The van der Waals surface area contributed by atoms with Gasteiger partial charge in [-0.1, -0.05) is 18.2 Å². The van der Waals surface area contributed by atoms with Crippen LogP contribution in [-0.2, 0) is 16.1 Å². The third-order valence-corrected chi connectivity index (χ3v) is 7.26. The molecule has 4 rings (SSSR count). The Morgan fingerprint density at radius 2 is 1.74 bits per heavy atom. The summed E-state index contributed by atoms with van der Waals surface area (Å²) in [4.78, 5) is 41.3. The molecule has 1 aromatic carbocycles. The minimum absolute atomic E-state index is 0.0378. The number of nitrogens with zero attached hydrogens (tertiary/aromatic N) is 3. The average Bonchev–Trinajstić information content (AvgIpc) is 3.22. The minimum Gasteiger partial charge on any atom is -0.464 e. The Balaban J connectivity index is 1.70. The summed E-state index contributed by atoms with van der Waals surface area (Å²) in [5, 5.41) is 7.51. The van der Waals surface area contributed by atoms with Crippen LogP contribution >= 0.6 is 0 Å². The number of ether oxygens (including phenoxy) is 1. The number of hydrogen-bond acceptors (Lipinski definition) is 5. The van der Waals surface area contributed by atoms with E-state index in [-0.39, 0.29) is 35.8 Å². The van der Waals surface area contributed by atoms with Gasteiger partial charge in [0.2, 0.25) is 5.91 Å². The number of carbonyl (C=O) groups is 3. The average molecular weight is 479 g/mol. The van der Waals surface area contributed by atoms with Crippen LogP contribution in [0.3, 0.4) is 0 Å². The predicted molar refractivity (Wildman–Crippen MR) is 133 cm³/mol. The van der Waals surface area contributed by atoms with Crippen molar-refractivity contribution in [2.45, 2.75) is 71.5 Å². The Morgan fingerprint density at radius 3 is 2.31 bits per heavy atom. The molecule has 0 saturated heterocycles. The molecule has 1 aromatic heterocycles. The number of fused-ring (bicyclic) bond motifs is 1. The molecule has 2 aromatic rings. The Labute approximate surface area is 206 Å². The zero-order valence-corrected chi connectivity index (χ0v) is 21.2. The molecule has 1 fully saturated rings. The van der Waals surface area contributed by atoms with Crippen molar-refractivity contribution in [3.05, 3.63) is 58.9 Å². The molecule has 186 valence electrons. The maximum absolute atomic E-state index is 13.9. The van der Waals surface area contributed by atoms with Crippen molar-refractivity contribution >= 4 is 23.5 Å². The van der Waals surface area contributed by atoms with E-state index >= 15 is 0 Å². The smallest absolute Gasteiger partial charge is 0.358 e. The zero-order chi connectivity index (χ0) is 25.5. The van der Waals surface area contributed by atoms with Gasteiger partial charge < -0.3 is 10.1 Å². The first kappa shape index (κ1) is 24.7. The summed E-state index contributed by atoms with van der Waals surface area (Å²) in [6.07, 6.45) is 3.72. The quantitative estimate of drug-likeness (QED) is 0.519. The van der Waals surface area contributed by atoms with Gasteiger partial charge in [-0.05, 0) is 82.6 Å². The third kappa shape index (κ3) is 4.61. The SMILES string of the molecule is C=C(C)C1CCC(NC(=O)C2(C)Cn3nc(C(=O)OC)cc3C(=O)N2c2cc(C)cc(C)c2)CC1. The first-order valence-electron chi connectivity index (χ1n) is 12.1. The number of anilines is 1. The molecule has 0 bridgehead atoms. The van der Waals surface area contributed by atoms with Gasteiger partial charge in [0.05, 0.1) is 13.7 Å². The number of aromatic nitrogens is 2. The van der Waals surface area contributed by atoms with E-state index in [2.05, 4.69) is 23.9 Å². The lowest BCUT2D eigenvalue weighted by Gasteiger charge is -2.44. The van der Waals surface area contributed by atoms with Crippen LogP contribution in [0.4, 0.5) is 5.69 Å². The first-order chi connectivity index (χ1) is 16.5. The fourth-order valence-corrected chi connectivity index (χ4v) is 5.34. The monoisotopic (exact) mass is 478 g/mol. The summed E-state index contributed by atoms with van der Waals surface area (Å²) in [5.74, 6) is -0.750. The fraction of sp³-hybridized carbons (Fsp3) is 0.481. The Bertz CT molecular complexity index is 1170. The van der Waals surface area contributed by atoms with Gasteiger partial charge in [-0.3, -0.25) is 19.2 Å². The number of benzene rings is 1. The van der Waals surface area contributed by atoms with E-state index < -0.39 is 11.5 Å². The van der Waals surface area contributed by atoms with Crippen molar-refractivity contribution in [3.8, 4) is 0 Å². The normalized spacial score (nSPS) is 24.0. The molecule has 8 nitrogen and oxygen atoms in total. The van der Waals surface area contributed by atoms with Crippen LogP contribution in [0.25, 0.3) is 0 Å². The molecule has 35 heavy (non-hydrogen) atoms. The Kier molecular flexibility index (Phi) is 6.58. The second kappa shape index (κ2) is 9.32. The summed E-state index contributed by atoms with van der Waals surface area (Å²) in [7, 11) is 1.27. The molecule has 2 aliphatic rings. The van der Waals surface area contributed by atoms with Gasteiger partial charge in [-0.2, -0.15) is 5.10 Å². The van der Waals surface area contributed by atoms with Crippen molar-refractivity contribution in [2.75, 3.05) is 12.0 Å². The van der Waals surface area contributed by atoms with E-state index in [1.807, 2.05) is 32.0 Å². The number of nitrogens with one attached hydrogen (secondary N) is 1. The van der Waals surface area contributed by atoms with Gasteiger partial charge in [0.15, 0.2) is 5.69 Å². The van der Waals surface area contributed by atoms with Crippen molar-refractivity contribution in [1.29, 1.82) is 0 Å². The highest BCUT2D eigenvalue weighted by atomic mass is 16.5. The summed E-state index contributed by atoms with van der Waals surface area (Å²) in [6, 6.07) is 7.30. The van der Waals surface area contributed by atoms with Gasteiger partial charge >= 0.3 is 5.97 Å². The molecule has 1 N–H and O–H groups in total. The van der Waals surface area contributed by atoms with Crippen LogP contribution in [0.1, 0.15) is 71.6 Å². The van der Waals surface area contributed by atoms with Crippen molar-refractivity contribution in [1.82, 2.24) is 15.1 Å². The molecule has 0 spiro atoms. The number of amides is 2. The Morgan fingerprint density at radius 1 is 1.11 bits per heavy atom. The van der Waals surface area contributed by atoms with Crippen LogP contribution in [0.5, 0.6) is 0 Å². The van der Waals surface area contributed by atoms with Crippen LogP contribution in [-0.4, -0.2) is 46.3 Å². The molecule has 1 aliphatic carbocycles. The van der Waals surface area contributed by atoms with E-state index in [0.29, 0.717) is 11.6 Å². The van der Waals surface area contributed by atoms with Crippen LogP contribution in [0.2, 0.25) is 0 Å². The molecular formula is C27H34N4O4. The van der Waals surface area contributed by atoms with Gasteiger partial charge in [-0.15, -0.1) is 0 Å². The number of carbonyl (C=O) groups excluding carboxylic acids is 3. The second-order valence-corrected chi connectivity index (χ2v) is 10.2. The predicted octanol–water partition coefficient (Wildman–Crippen LogP) is 3.96. The third-order valence-electron chi connectivity index (χ3n) is 7.26. The number of methoxy groups -OCH3 is 1. The molecular weight excluding hydrogens is 444 g/mol. The lowest BCUT2D eigenvalue weighted by molar-refractivity contribution is -0.127. The number of hydrogen-bond donors (Lipinski definition) is 1. The maximum atomic E-state index is 13.9. The second-order valence-electron chi connectivity index (χ2n) is 10.2. The topological polar surface area (TPSA) is 93.5 Å². The highest BCUT2D eigenvalue weighted by Crippen LogP contribution is 2.35. The lowest BCUT2D eigenvalue weighted by atomic mass is 9.82. The van der Waals surface area contributed by atoms with Gasteiger partial charge in [-0.25, -0.2) is 4.79 Å². The summed E-state index contributed by atoms with van der Waals surface area (Å²) < 4.78 is 6.24. The highest BCUT2D eigenvalue weighted by molar-refractivity contribution is 6.12. The van der Waals surface area contributed by atoms with Crippen molar-refractivity contribution < 1.29 is 19.1 Å². The highest BCUT2D eigenvalue weighted by Gasteiger charge is 2.49. The summed E-state index contributed by atoms with van der Waals surface area (Å²) >= 11 is 0. The molecule has 1 saturated carbocycles. The standard InChI is InChI=1S/C27H34N4O4/c1-16(2)19-7-9-20(10-8-19)28-26(34)27(5)15-30-23(14-22(29-30)25(33)35-6)24(32)31(27)21-12-17(3)11-18(4)13-21/h11-14,19-20H,1,7-10,15H2,2-6H3,(H,28,34). The van der Waals surface area contributed by atoms with Gasteiger partial charge in [0.25, 0.3) is 5.91 Å². The maximum Gasteiger partial charge on any atom is 0.358 e. The number of esters is 1. The molecule has 1 unspecified atom stereocenters. The largest absolute Gasteiger partial charge is 0.464 e. The molecule has 8 heteroatoms.